The Morgan fingerprint density at radius 3 is 2.13 bits per heavy atom. The summed E-state index contributed by atoms with van der Waals surface area (Å²) in [5.41, 5.74) is 2.07. The molecule has 0 saturated carbocycles. The maximum absolute atomic E-state index is 9.24. The summed E-state index contributed by atoms with van der Waals surface area (Å²) in [5.74, 6) is 1.59. The zero-order valence-corrected chi connectivity index (χ0v) is 15.4. The molecule has 0 unspecified atom stereocenters. The summed E-state index contributed by atoms with van der Waals surface area (Å²) < 4.78 is 11.1. The molecular formula is C16H25Cl2N3O2. The van der Waals surface area contributed by atoms with Crippen LogP contribution in [0.3, 0.4) is 0 Å². The number of ether oxygens (including phenoxy) is 2. The molecule has 7 heteroatoms. The van der Waals surface area contributed by atoms with E-state index in [0.29, 0.717) is 6.42 Å². The van der Waals surface area contributed by atoms with Crippen molar-refractivity contribution in [2.24, 2.45) is 0 Å². The number of aryl methyl sites for hydroxylation is 1. The Balaban J connectivity index is 0.00000242. The van der Waals surface area contributed by atoms with E-state index in [1.165, 1.54) is 0 Å². The second kappa shape index (κ2) is 10.6. The van der Waals surface area contributed by atoms with Crippen LogP contribution in [-0.2, 0) is 0 Å². The number of halogens is 2. The quantitative estimate of drug-likeness (QED) is 0.873. The standard InChI is InChI=1S/C16H23N3O2.2ClH/c1-12-10-14(20-2)16(15(11-12)21-3)13(4-5-17)19-8-6-18-7-9-19;;/h10-11,13,18H,4,6-9H2,1-3H3;2*1H/t13-;;/m0../s1. The van der Waals surface area contributed by atoms with Gasteiger partial charge >= 0.3 is 0 Å². The molecule has 1 N–H and O–H groups in total. The van der Waals surface area contributed by atoms with Crippen LogP contribution in [0, 0.1) is 18.3 Å². The molecule has 1 heterocycles. The SMILES string of the molecule is COc1cc(C)cc(OC)c1[C@H](CC#N)N1CCNCC1.Cl.Cl. The maximum atomic E-state index is 9.24. The maximum Gasteiger partial charge on any atom is 0.127 e. The number of nitriles is 1. The predicted octanol–water partition coefficient (Wildman–Crippen LogP) is 2.72. The summed E-state index contributed by atoms with van der Waals surface area (Å²) in [6.07, 6.45) is 0.426. The fraction of sp³-hybridized carbons (Fsp3) is 0.562. The van der Waals surface area contributed by atoms with Crippen molar-refractivity contribution in [2.45, 2.75) is 19.4 Å². The van der Waals surface area contributed by atoms with Gasteiger partial charge in [0.25, 0.3) is 0 Å². The van der Waals surface area contributed by atoms with Crippen molar-refractivity contribution in [3.63, 3.8) is 0 Å². The molecule has 0 bridgehead atoms. The van der Waals surface area contributed by atoms with E-state index in [9.17, 15) is 5.26 Å². The highest BCUT2D eigenvalue weighted by molar-refractivity contribution is 5.85. The van der Waals surface area contributed by atoms with Gasteiger partial charge in [-0.2, -0.15) is 5.26 Å². The molecule has 23 heavy (non-hydrogen) atoms. The number of nitrogens with zero attached hydrogens (tertiary/aromatic N) is 2. The number of methoxy groups -OCH3 is 2. The molecule has 1 aliphatic rings. The predicted molar refractivity (Wildman–Crippen MR) is 96.2 cm³/mol. The lowest BCUT2D eigenvalue weighted by molar-refractivity contribution is 0.169. The number of rotatable bonds is 5. The van der Waals surface area contributed by atoms with Crippen LogP contribution in [0.25, 0.3) is 0 Å². The molecule has 1 aliphatic heterocycles. The molecule has 0 aromatic heterocycles. The fourth-order valence-electron chi connectivity index (χ4n) is 2.89. The van der Waals surface area contributed by atoms with Crippen LogP contribution in [0.2, 0.25) is 0 Å². The molecule has 0 amide bonds. The molecule has 5 nitrogen and oxygen atoms in total. The second-order valence-electron chi connectivity index (χ2n) is 5.25. The second-order valence-corrected chi connectivity index (χ2v) is 5.25. The van der Waals surface area contributed by atoms with Gasteiger partial charge in [-0.25, -0.2) is 0 Å². The molecule has 0 spiro atoms. The van der Waals surface area contributed by atoms with Crippen molar-refractivity contribution in [1.29, 1.82) is 5.26 Å². The fourth-order valence-corrected chi connectivity index (χ4v) is 2.89. The first-order valence-electron chi connectivity index (χ1n) is 7.25. The van der Waals surface area contributed by atoms with Crippen LogP contribution in [0.4, 0.5) is 0 Å². The van der Waals surface area contributed by atoms with Crippen molar-refractivity contribution in [3.8, 4) is 17.6 Å². The summed E-state index contributed by atoms with van der Waals surface area (Å²) in [5, 5.41) is 12.6. The normalized spacial score (nSPS) is 15.6. The minimum atomic E-state index is 0. The van der Waals surface area contributed by atoms with Gasteiger partial charge in [-0.3, -0.25) is 4.90 Å². The molecule has 0 aliphatic carbocycles. The highest BCUT2D eigenvalue weighted by atomic mass is 35.5. The van der Waals surface area contributed by atoms with Crippen LogP contribution < -0.4 is 14.8 Å². The van der Waals surface area contributed by atoms with Gasteiger partial charge in [0.05, 0.1) is 38.3 Å². The van der Waals surface area contributed by atoms with Crippen molar-refractivity contribution in [1.82, 2.24) is 10.2 Å². The number of hydrogen-bond acceptors (Lipinski definition) is 5. The monoisotopic (exact) mass is 361 g/mol. The van der Waals surface area contributed by atoms with Gasteiger partial charge in [0.1, 0.15) is 11.5 Å². The third-order valence-electron chi connectivity index (χ3n) is 3.90. The van der Waals surface area contributed by atoms with E-state index >= 15 is 0 Å². The Labute approximate surface area is 150 Å². The van der Waals surface area contributed by atoms with Crippen LogP contribution in [0.15, 0.2) is 12.1 Å². The molecule has 1 fully saturated rings. The zero-order chi connectivity index (χ0) is 15.2. The van der Waals surface area contributed by atoms with Gasteiger partial charge in [-0.15, -0.1) is 24.8 Å². The van der Waals surface area contributed by atoms with E-state index in [2.05, 4.69) is 16.3 Å². The van der Waals surface area contributed by atoms with E-state index in [1.54, 1.807) is 14.2 Å². The van der Waals surface area contributed by atoms with Gasteiger partial charge in [0, 0.05) is 26.2 Å². The Bertz CT molecular complexity index is 504. The van der Waals surface area contributed by atoms with Gasteiger partial charge < -0.3 is 14.8 Å². The minimum absolute atomic E-state index is 0. The van der Waals surface area contributed by atoms with Crippen molar-refractivity contribution in [3.05, 3.63) is 23.3 Å². The number of piperazine rings is 1. The first kappa shape index (κ1) is 21.8. The van der Waals surface area contributed by atoms with E-state index < -0.39 is 0 Å². The molecule has 1 saturated heterocycles. The lowest BCUT2D eigenvalue weighted by atomic mass is 9.97. The molecule has 2 rings (SSSR count). The average molecular weight is 362 g/mol. The molecule has 1 aromatic carbocycles. The van der Waals surface area contributed by atoms with Gasteiger partial charge in [0.15, 0.2) is 0 Å². The van der Waals surface area contributed by atoms with E-state index in [1.807, 2.05) is 19.1 Å². The summed E-state index contributed by atoms with van der Waals surface area (Å²) in [7, 11) is 3.33. The first-order chi connectivity index (χ1) is 10.2. The van der Waals surface area contributed by atoms with Gasteiger partial charge in [0.2, 0.25) is 0 Å². The Morgan fingerprint density at radius 1 is 1.17 bits per heavy atom. The van der Waals surface area contributed by atoms with Crippen LogP contribution in [0.1, 0.15) is 23.6 Å². The van der Waals surface area contributed by atoms with E-state index in [-0.39, 0.29) is 30.9 Å². The van der Waals surface area contributed by atoms with Crippen LogP contribution in [-0.4, -0.2) is 45.3 Å². The molecule has 1 atom stereocenters. The molecule has 0 radical (unpaired) electrons. The Kier molecular flexibility index (Phi) is 10.0. The number of benzene rings is 1. The number of nitrogens with one attached hydrogen (secondary N) is 1. The summed E-state index contributed by atoms with van der Waals surface area (Å²) in [4.78, 5) is 2.33. The zero-order valence-electron chi connectivity index (χ0n) is 13.8. The van der Waals surface area contributed by atoms with Crippen LogP contribution >= 0.6 is 24.8 Å². The van der Waals surface area contributed by atoms with E-state index in [0.717, 1.165) is 48.8 Å². The lowest BCUT2D eigenvalue weighted by Gasteiger charge is -2.35. The Hall–Kier alpha value is -1.19. The highest BCUT2D eigenvalue weighted by Crippen LogP contribution is 2.39. The van der Waals surface area contributed by atoms with E-state index in [4.69, 9.17) is 9.47 Å². The summed E-state index contributed by atoms with van der Waals surface area (Å²) >= 11 is 0. The molecular weight excluding hydrogens is 337 g/mol. The highest BCUT2D eigenvalue weighted by Gasteiger charge is 2.28. The first-order valence-corrected chi connectivity index (χ1v) is 7.25. The summed E-state index contributed by atoms with van der Waals surface area (Å²) in [6, 6.07) is 6.32. The van der Waals surface area contributed by atoms with Crippen molar-refractivity contribution < 1.29 is 9.47 Å². The molecule has 1 aromatic rings. The third-order valence-corrected chi connectivity index (χ3v) is 3.90. The average Bonchev–Trinajstić information content (AvgIpc) is 2.53. The van der Waals surface area contributed by atoms with Crippen LogP contribution in [0.5, 0.6) is 11.5 Å². The number of hydrogen-bond donors (Lipinski definition) is 1. The smallest absolute Gasteiger partial charge is 0.127 e. The lowest BCUT2D eigenvalue weighted by Crippen LogP contribution is -2.45. The Morgan fingerprint density at radius 2 is 1.70 bits per heavy atom. The van der Waals surface area contributed by atoms with Gasteiger partial charge in [-0.05, 0) is 24.6 Å². The van der Waals surface area contributed by atoms with Gasteiger partial charge in [-0.1, -0.05) is 0 Å². The topological polar surface area (TPSA) is 57.5 Å². The minimum Gasteiger partial charge on any atom is -0.496 e. The third kappa shape index (κ3) is 5.15. The van der Waals surface area contributed by atoms with Crippen molar-refractivity contribution in [2.75, 3.05) is 40.4 Å². The van der Waals surface area contributed by atoms with Crippen molar-refractivity contribution >= 4 is 24.8 Å². The largest absolute Gasteiger partial charge is 0.496 e. The summed E-state index contributed by atoms with van der Waals surface area (Å²) in [6.45, 7) is 5.74. The molecule has 130 valence electrons.